The van der Waals surface area contributed by atoms with Gasteiger partial charge >= 0.3 is 6.03 Å². The molecule has 1 fully saturated rings. The fourth-order valence-corrected chi connectivity index (χ4v) is 4.99. The zero-order valence-corrected chi connectivity index (χ0v) is 18.4. The van der Waals surface area contributed by atoms with Crippen molar-refractivity contribution >= 4 is 51.2 Å². The molecule has 0 bridgehead atoms. The van der Waals surface area contributed by atoms with Gasteiger partial charge in [0.1, 0.15) is 10.2 Å². The maximum atomic E-state index is 13.1. The van der Waals surface area contributed by atoms with Crippen molar-refractivity contribution in [2.75, 3.05) is 5.75 Å². The van der Waals surface area contributed by atoms with Gasteiger partial charge in [0.2, 0.25) is 5.91 Å². The number of nitrogens with zero attached hydrogens (tertiary/aromatic N) is 3. The molecule has 1 aromatic carbocycles. The molecule has 9 nitrogen and oxygen atoms in total. The second-order valence-electron chi connectivity index (χ2n) is 6.91. The molecule has 1 unspecified atom stereocenters. The average Bonchev–Trinajstić information content (AvgIpc) is 3.34. The SMILES string of the molecule is CCC1(c2ccccc2)NC(=O)N(NC(=O)CSc2nc3ccsc3c(=O)n2C)C1=O. The molecule has 3 heterocycles. The lowest BCUT2D eigenvalue weighted by molar-refractivity contribution is -0.138. The average molecular weight is 458 g/mol. The standard InChI is InChI=1S/C20H19N5O4S2/c1-3-20(12-7-5-4-6-8-12)17(28)25(18(29)22-20)23-14(26)11-31-19-21-13-9-10-30-15(13)16(27)24(19)2/h4-10H,3,11H2,1-2H3,(H,22,29)(H,23,26). The summed E-state index contributed by atoms with van der Waals surface area (Å²) in [5.41, 5.74) is 2.17. The van der Waals surface area contributed by atoms with Crippen molar-refractivity contribution in [2.45, 2.75) is 24.0 Å². The van der Waals surface area contributed by atoms with E-state index in [9.17, 15) is 19.2 Å². The number of aromatic nitrogens is 2. The molecule has 1 saturated heterocycles. The van der Waals surface area contributed by atoms with E-state index in [1.54, 1.807) is 49.7 Å². The molecule has 2 N–H and O–H groups in total. The Bertz CT molecular complexity index is 1240. The lowest BCUT2D eigenvalue weighted by Gasteiger charge is -2.25. The summed E-state index contributed by atoms with van der Waals surface area (Å²) < 4.78 is 1.93. The van der Waals surface area contributed by atoms with Crippen molar-refractivity contribution in [3.8, 4) is 0 Å². The van der Waals surface area contributed by atoms with Crippen LogP contribution in [0.5, 0.6) is 0 Å². The zero-order valence-electron chi connectivity index (χ0n) is 16.7. The van der Waals surface area contributed by atoms with E-state index in [1.807, 2.05) is 6.07 Å². The molecule has 0 saturated carbocycles. The topological polar surface area (TPSA) is 113 Å². The largest absolute Gasteiger partial charge is 0.344 e. The van der Waals surface area contributed by atoms with Crippen molar-refractivity contribution in [3.63, 3.8) is 0 Å². The molecule has 1 atom stereocenters. The summed E-state index contributed by atoms with van der Waals surface area (Å²) in [6.07, 6.45) is 0.329. The molecule has 1 aliphatic heterocycles. The minimum atomic E-state index is -1.23. The Morgan fingerprint density at radius 3 is 2.68 bits per heavy atom. The summed E-state index contributed by atoms with van der Waals surface area (Å²) in [6.45, 7) is 1.79. The van der Waals surface area contributed by atoms with Gasteiger partial charge in [-0.15, -0.1) is 11.3 Å². The summed E-state index contributed by atoms with van der Waals surface area (Å²) in [7, 11) is 1.58. The number of nitrogens with one attached hydrogen (secondary N) is 2. The number of amides is 4. The highest BCUT2D eigenvalue weighted by molar-refractivity contribution is 7.99. The van der Waals surface area contributed by atoms with Crippen LogP contribution >= 0.6 is 23.1 Å². The van der Waals surface area contributed by atoms with E-state index in [0.29, 0.717) is 32.4 Å². The third-order valence-corrected chi connectivity index (χ3v) is 7.03. The highest BCUT2D eigenvalue weighted by Crippen LogP contribution is 2.31. The Morgan fingerprint density at radius 2 is 1.97 bits per heavy atom. The van der Waals surface area contributed by atoms with Gasteiger partial charge in [0, 0.05) is 7.05 Å². The molecule has 0 spiro atoms. The molecular formula is C20H19N5O4S2. The number of carbonyl (C=O) groups excluding carboxylic acids is 3. The van der Waals surface area contributed by atoms with Crippen LogP contribution in [-0.4, -0.2) is 38.2 Å². The summed E-state index contributed by atoms with van der Waals surface area (Å²) in [5, 5.41) is 5.57. The number of hydrogen-bond acceptors (Lipinski definition) is 7. The quantitative estimate of drug-likeness (QED) is 0.332. The van der Waals surface area contributed by atoms with Gasteiger partial charge in [0.05, 0.1) is 11.3 Å². The molecule has 4 amide bonds. The van der Waals surface area contributed by atoms with E-state index in [0.717, 1.165) is 11.8 Å². The van der Waals surface area contributed by atoms with Crippen LogP contribution in [0.2, 0.25) is 0 Å². The number of imide groups is 1. The smallest absolute Gasteiger partial charge is 0.318 e. The Balaban J connectivity index is 1.48. The molecule has 1 aliphatic rings. The molecular weight excluding hydrogens is 438 g/mol. The van der Waals surface area contributed by atoms with Crippen molar-refractivity contribution in [1.82, 2.24) is 25.3 Å². The third kappa shape index (κ3) is 3.59. The number of rotatable bonds is 6. The number of hydrazine groups is 1. The van der Waals surface area contributed by atoms with Gasteiger partial charge in [0.25, 0.3) is 11.5 Å². The Labute approximate surface area is 185 Å². The fraction of sp³-hybridized carbons (Fsp3) is 0.250. The third-order valence-electron chi connectivity index (χ3n) is 5.10. The summed E-state index contributed by atoms with van der Waals surface area (Å²) in [5.74, 6) is -1.24. The van der Waals surface area contributed by atoms with Crippen LogP contribution < -0.4 is 16.3 Å². The van der Waals surface area contributed by atoms with Crippen LogP contribution in [0.25, 0.3) is 10.2 Å². The molecule has 3 aromatic rings. The van der Waals surface area contributed by atoms with Gasteiger partial charge in [-0.05, 0) is 23.4 Å². The normalized spacial score (nSPS) is 18.5. The van der Waals surface area contributed by atoms with Gasteiger partial charge in [-0.3, -0.25) is 24.4 Å². The molecule has 160 valence electrons. The minimum Gasteiger partial charge on any atom is -0.318 e. The van der Waals surface area contributed by atoms with Gasteiger partial charge in [0.15, 0.2) is 5.16 Å². The lowest BCUT2D eigenvalue weighted by Crippen LogP contribution is -2.49. The fourth-order valence-electron chi connectivity index (χ4n) is 3.42. The van der Waals surface area contributed by atoms with E-state index >= 15 is 0 Å². The van der Waals surface area contributed by atoms with Crippen LogP contribution in [0.1, 0.15) is 18.9 Å². The molecule has 4 rings (SSSR count). The van der Waals surface area contributed by atoms with Crippen molar-refractivity contribution in [3.05, 3.63) is 57.7 Å². The van der Waals surface area contributed by atoms with Crippen molar-refractivity contribution in [2.24, 2.45) is 7.05 Å². The Kier molecular flexibility index (Phi) is 5.54. The Morgan fingerprint density at radius 1 is 1.23 bits per heavy atom. The van der Waals surface area contributed by atoms with Crippen LogP contribution in [0, 0.1) is 0 Å². The number of fused-ring (bicyclic) bond motifs is 1. The Hall–Kier alpha value is -3.18. The summed E-state index contributed by atoms with van der Waals surface area (Å²) in [6, 6.07) is 9.95. The summed E-state index contributed by atoms with van der Waals surface area (Å²) >= 11 is 2.36. The lowest BCUT2D eigenvalue weighted by atomic mass is 9.87. The van der Waals surface area contributed by atoms with Crippen LogP contribution in [0.4, 0.5) is 4.79 Å². The van der Waals surface area contributed by atoms with E-state index < -0.39 is 23.4 Å². The first kappa shape index (κ1) is 21.1. The summed E-state index contributed by atoms with van der Waals surface area (Å²) in [4.78, 5) is 54.8. The molecule has 31 heavy (non-hydrogen) atoms. The first-order valence-electron chi connectivity index (χ1n) is 9.46. The molecule has 11 heteroatoms. The van der Waals surface area contributed by atoms with E-state index in [1.165, 1.54) is 15.9 Å². The van der Waals surface area contributed by atoms with E-state index in [4.69, 9.17) is 0 Å². The molecule has 2 aromatic heterocycles. The van der Waals surface area contributed by atoms with E-state index in [2.05, 4.69) is 15.7 Å². The maximum absolute atomic E-state index is 13.1. The molecule has 0 radical (unpaired) electrons. The van der Waals surface area contributed by atoms with Crippen LogP contribution in [-0.2, 0) is 22.2 Å². The second kappa shape index (κ2) is 8.16. The first-order chi connectivity index (χ1) is 14.9. The van der Waals surface area contributed by atoms with Crippen LogP contribution in [0.3, 0.4) is 0 Å². The predicted molar refractivity (Wildman–Crippen MR) is 118 cm³/mol. The van der Waals surface area contributed by atoms with Gasteiger partial charge in [-0.1, -0.05) is 49.0 Å². The molecule has 0 aliphatic carbocycles. The number of hydrogen-bond donors (Lipinski definition) is 2. The highest BCUT2D eigenvalue weighted by atomic mass is 32.2. The van der Waals surface area contributed by atoms with Crippen molar-refractivity contribution in [1.29, 1.82) is 0 Å². The van der Waals surface area contributed by atoms with Gasteiger partial charge < -0.3 is 5.32 Å². The number of thioether (sulfide) groups is 1. The highest BCUT2D eigenvalue weighted by Gasteiger charge is 2.52. The number of urea groups is 1. The number of thiophene rings is 1. The second-order valence-corrected chi connectivity index (χ2v) is 8.77. The monoisotopic (exact) mass is 457 g/mol. The maximum Gasteiger partial charge on any atom is 0.344 e. The zero-order chi connectivity index (χ0) is 22.2. The van der Waals surface area contributed by atoms with Crippen LogP contribution in [0.15, 0.2) is 51.7 Å². The predicted octanol–water partition coefficient (Wildman–Crippen LogP) is 1.98. The van der Waals surface area contributed by atoms with E-state index in [-0.39, 0.29) is 11.3 Å². The number of benzene rings is 1. The first-order valence-corrected chi connectivity index (χ1v) is 11.3. The van der Waals surface area contributed by atoms with Gasteiger partial charge in [-0.25, -0.2) is 9.78 Å². The number of carbonyl (C=O) groups is 3. The van der Waals surface area contributed by atoms with Gasteiger partial charge in [-0.2, -0.15) is 5.01 Å². The minimum absolute atomic E-state index is 0.128. The van der Waals surface area contributed by atoms with Crippen molar-refractivity contribution < 1.29 is 14.4 Å².